The van der Waals surface area contributed by atoms with Crippen molar-refractivity contribution < 1.29 is 14.3 Å². The van der Waals surface area contributed by atoms with Gasteiger partial charge in [-0.25, -0.2) is 9.18 Å². The topological polar surface area (TPSA) is 74.6 Å². The Balaban J connectivity index is 0.00000225. The lowest BCUT2D eigenvalue weighted by Crippen LogP contribution is -2.43. The van der Waals surface area contributed by atoms with Crippen molar-refractivity contribution in [3.05, 3.63) is 39.9 Å². The standard InChI is InChI=1S/C17H20FN3O3.ClH/c1-10(2)21-9-12(17(23)24)16(22)11-7-13(18)15(8-14(11)21)20-5-3-19-4-6-20;/h7-10,19H,3-6H2,1-2H3,(H,23,24);1H. The zero-order chi connectivity index (χ0) is 17.4. The molecule has 1 saturated heterocycles. The molecule has 136 valence electrons. The minimum Gasteiger partial charge on any atom is -0.477 e. The third-order valence-corrected chi connectivity index (χ3v) is 4.35. The fourth-order valence-electron chi connectivity index (χ4n) is 3.09. The Labute approximate surface area is 150 Å². The first kappa shape index (κ1) is 19.2. The summed E-state index contributed by atoms with van der Waals surface area (Å²) >= 11 is 0. The smallest absolute Gasteiger partial charge is 0.341 e. The third kappa shape index (κ3) is 3.48. The lowest BCUT2D eigenvalue weighted by Gasteiger charge is -2.30. The predicted octanol–water partition coefficient (Wildman–Crippen LogP) is 2.25. The van der Waals surface area contributed by atoms with Gasteiger partial charge in [-0.2, -0.15) is 0 Å². The van der Waals surface area contributed by atoms with E-state index in [2.05, 4.69) is 5.32 Å². The number of carboxylic acid groups (broad SMARTS) is 1. The average molecular weight is 370 g/mol. The Morgan fingerprint density at radius 1 is 1.28 bits per heavy atom. The summed E-state index contributed by atoms with van der Waals surface area (Å²) in [5.41, 5.74) is 0.00138. The molecule has 25 heavy (non-hydrogen) atoms. The minimum absolute atomic E-state index is 0. The number of anilines is 1. The molecule has 0 radical (unpaired) electrons. The predicted molar refractivity (Wildman–Crippen MR) is 97.8 cm³/mol. The molecule has 0 aliphatic carbocycles. The zero-order valence-electron chi connectivity index (χ0n) is 14.1. The largest absolute Gasteiger partial charge is 0.477 e. The first-order chi connectivity index (χ1) is 11.4. The Bertz CT molecular complexity index is 860. The molecule has 0 unspecified atom stereocenters. The number of nitrogens with one attached hydrogen (secondary N) is 1. The number of carbonyl (C=O) groups is 1. The Morgan fingerprint density at radius 3 is 2.48 bits per heavy atom. The molecule has 6 nitrogen and oxygen atoms in total. The van der Waals surface area contributed by atoms with E-state index in [1.807, 2.05) is 18.7 Å². The molecule has 1 aliphatic heterocycles. The number of fused-ring (bicyclic) bond motifs is 1. The molecule has 1 aromatic carbocycles. The van der Waals surface area contributed by atoms with Gasteiger partial charge in [-0.05, 0) is 26.0 Å². The fraction of sp³-hybridized carbons (Fsp3) is 0.412. The van der Waals surface area contributed by atoms with Crippen LogP contribution in [0.5, 0.6) is 0 Å². The summed E-state index contributed by atoms with van der Waals surface area (Å²) in [6.45, 7) is 6.69. The lowest BCUT2D eigenvalue weighted by atomic mass is 10.1. The van der Waals surface area contributed by atoms with Crippen LogP contribution in [0.4, 0.5) is 10.1 Å². The van der Waals surface area contributed by atoms with Crippen LogP contribution in [-0.4, -0.2) is 41.8 Å². The maximum atomic E-state index is 14.6. The van der Waals surface area contributed by atoms with Gasteiger partial charge in [-0.1, -0.05) is 0 Å². The fourth-order valence-corrected chi connectivity index (χ4v) is 3.09. The molecule has 0 amide bonds. The number of benzene rings is 1. The van der Waals surface area contributed by atoms with Crippen LogP contribution in [0.2, 0.25) is 0 Å². The van der Waals surface area contributed by atoms with Gasteiger partial charge in [0.05, 0.1) is 11.2 Å². The summed E-state index contributed by atoms with van der Waals surface area (Å²) in [6, 6.07) is 2.76. The molecule has 0 saturated carbocycles. The van der Waals surface area contributed by atoms with Gasteiger partial charge in [0.15, 0.2) is 0 Å². The summed E-state index contributed by atoms with van der Waals surface area (Å²) < 4.78 is 16.3. The summed E-state index contributed by atoms with van der Waals surface area (Å²) in [7, 11) is 0. The number of pyridine rings is 1. The molecule has 8 heteroatoms. The highest BCUT2D eigenvalue weighted by Gasteiger charge is 2.20. The first-order valence-corrected chi connectivity index (χ1v) is 7.97. The van der Waals surface area contributed by atoms with Gasteiger partial charge in [-0.3, -0.25) is 4.79 Å². The van der Waals surface area contributed by atoms with E-state index >= 15 is 0 Å². The second-order valence-electron chi connectivity index (χ2n) is 6.24. The van der Waals surface area contributed by atoms with E-state index < -0.39 is 17.2 Å². The van der Waals surface area contributed by atoms with Crippen LogP contribution < -0.4 is 15.6 Å². The molecule has 3 rings (SSSR count). The van der Waals surface area contributed by atoms with E-state index in [0.29, 0.717) is 24.3 Å². The number of carboxylic acids is 1. The van der Waals surface area contributed by atoms with Crippen molar-refractivity contribution in [2.75, 3.05) is 31.1 Å². The van der Waals surface area contributed by atoms with E-state index in [1.54, 1.807) is 10.6 Å². The number of rotatable bonds is 3. The van der Waals surface area contributed by atoms with Gasteiger partial charge < -0.3 is 19.9 Å². The van der Waals surface area contributed by atoms with Crippen molar-refractivity contribution in [1.82, 2.24) is 9.88 Å². The molecule has 1 aromatic heterocycles. The van der Waals surface area contributed by atoms with Crippen LogP contribution in [0.3, 0.4) is 0 Å². The minimum atomic E-state index is -1.30. The highest BCUT2D eigenvalue weighted by Crippen LogP contribution is 2.27. The number of halogens is 2. The maximum Gasteiger partial charge on any atom is 0.341 e. The number of aromatic nitrogens is 1. The second-order valence-corrected chi connectivity index (χ2v) is 6.24. The molecule has 2 heterocycles. The molecule has 2 N–H and O–H groups in total. The summed E-state index contributed by atoms with van der Waals surface area (Å²) in [6.07, 6.45) is 1.34. The van der Waals surface area contributed by atoms with Crippen molar-refractivity contribution >= 4 is 35.0 Å². The van der Waals surface area contributed by atoms with Gasteiger partial charge >= 0.3 is 5.97 Å². The van der Waals surface area contributed by atoms with E-state index in [1.165, 1.54) is 12.3 Å². The van der Waals surface area contributed by atoms with Crippen LogP contribution >= 0.6 is 12.4 Å². The second kappa shape index (κ2) is 7.41. The SMILES string of the molecule is CC(C)n1cc(C(=O)O)c(=O)c2cc(F)c(N3CCNCC3)cc21.Cl. The number of aromatic carboxylic acids is 1. The average Bonchev–Trinajstić information content (AvgIpc) is 2.55. The van der Waals surface area contributed by atoms with Gasteiger partial charge in [0.2, 0.25) is 5.43 Å². The van der Waals surface area contributed by atoms with Crippen molar-refractivity contribution in [2.45, 2.75) is 19.9 Å². The van der Waals surface area contributed by atoms with Crippen LogP contribution in [-0.2, 0) is 0 Å². The molecule has 1 aliphatic rings. The van der Waals surface area contributed by atoms with Crippen molar-refractivity contribution in [3.63, 3.8) is 0 Å². The van der Waals surface area contributed by atoms with E-state index in [9.17, 15) is 19.1 Å². The van der Waals surface area contributed by atoms with Crippen LogP contribution in [0.25, 0.3) is 10.9 Å². The van der Waals surface area contributed by atoms with E-state index in [0.717, 1.165) is 13.1 Å². The van der Waals surface area contributed by atoms with Crippen molar-refractivity contribution in [3.8, 4) is 0 Å². The lowest BCUT2D eigenvalue weighted by molar-refractivity contribution is 0.0694. The highest BCUT2D eigenvalue weighted by atomic mass is 35.5. The van der Waals surface area contributed by atoms with Crippen LogP contribution in [0, 0.1) is 5.82 Å². The number of hydrogen-bond acceptors (Lipinski definition) is 4. The molecular weight excluding hydrogens is 349 g/mol. The van der Waals surface area contributed by atoms with E-state index in [-0.39, 0.29) is 29.4 Å². The number of hydrogen-bond donors (Lipinski definition) is 2. The normalized spacial score (nSPS) is 14.6. The monoisotopic (exact) mass is 369 g/mol. The molecular formula is C17H21ClFN3O3. The highest BCUT2D eigenvalue weighted by molar-refractivity contribution is 5.93. The molecule has 2 aromatic rings. The summed E-state index contributed by atoms with van der Waals surface area (Å²) in [5.74, 6) is -1.80. The third-order valence-electron chi connectivity index (χ3n) is 4.35. The Hall–Kier alpha value is -2.12. The van der Waals surface area contributed by atoms with Gasteiger partial charge in [0, 0.05) is 43.8 Å². The molecule has 0 bridgehead atoms. The zero-order valence-corrected chi connectivity index (χ0v) is 14.9. The number of piperazine rings is 1. The molecule has 0 atom stereocenters. The molecule has 0 spiro atoms. The number of nitrogens with zero attached hydrogens (tertiary/aromatic N) is 2. The van der Waals surface area contributed by atoms with Gasteiger partial charge in [0.1, 0.15) is 11.4 Å². The van der Waals surface area contributed by atoms with Crippen LogP contribution in [0.15, 0.2) is 23.1 Å². The van der Waals surface area contributed by atoms with E-state index in [4.69, 9.17) is 0 Å². The van der Waals surface area contributed by atoms with Crippen molar-refractivity contribution in [2.24, 2.45) is 0 Å². The maximum absolute atomic E-state index is 14.6. The first-order valence-electron chi connectivity index (χ1n) is 7.97. The quantitative estimate of drug-likeness (QED) is 0.868. The van der Waals surface area contributed by atoms with Gasteiger partial charge in [-0.15, -0.1) is 12.4 Å². The van der Waals surface area contributed by atoms with Crippen molar-refractivity contribution in [1.29, 1.82) is 0 Å². The Morgan fingerprint density at radius 2 is 1.92 bits per heavy atom. The summed E-state index contributed by atoms with van der Waals surface area (Å²) in [5, 5.41) is 12.5. The van der Waals surface area contributed by atoms with Gasteiger partial charge in [0.25, 0.3) is 0 Å². The van der Waals surface area contributed by atoms with Crippen LogP contribution in [0.1, 0.15) is 30.2 Å². The summed E-state index contributed by atoms with van der Waals surface area (Å²) in [4.78, 5) is 25.7. The molecule has 1 fully saturated rings. The Kier molecular flexibility index (Phi) is 5.69.